The monoisotopic (exact) mass is 406 g/mol. The van der Waals surface area contributed by atoms with Crippen LogP contribution in [0.25, 0.3) is 0 Å². The van der Waals surface area contributed by atoms with Crippen LogP contribution in [0.1, 0.15) is 9.67 Å². The fourth-order valence-electron chi connectivity index (χ4n) is 1.32. The Kier molecular flexibility index (Phi) is 4.83. The summed E-state index contributed by atoms with van der Waals surface area (Å²) >= 11 is 8.30. The highest BCUT2D eigenvalue weighted by atomic mass is 127. The van der Waals surface area contributed by atoms with E-state index in [2.05, 4.69) is 10.6 Å². The molecule has 1 heterocycles. The topological polar surface area (TPSA) is 41.1 Å². The van der Waals surface area contributed by atoms with E-state index >= 15 is 0 Å². The minimum atomic E-state index is -0.417. The second-order valence-corrected chi connectivity index (χ2v) is 6.11. The molecule has 7 heteroatoms. The zero-order valence-electron chi connectivity index (χ0n) is 9.44. The second-order valence-electron chi connectivity index (χ2n) is 3.51. The predicted molar refractivity (Wildman–Crippen MR) is 87.1 cm³/mol. The van der Waals surface area contributed by atoms with Crippen LogP contribution < -0.4 is 10.6 Å². The Balaban J connectivity index is 2.00. The fourth-order valence-corrected chi connectivity index (χ4v) is 2.59. The summed E-state index contributed by atoms with van der Waals surface area (Å²) in [7, 11) is 0. The van der Waals surface area contributed by atoms with Gasteiger partial charge in [-0.3, -0.25) is 10.1 Å². The van der Waals surface area contributed by atoms with Gasteiger partial charge in [0.2, 0.25) is 0 Å². The first kappa shape index (κ1) is 14.4. The number of hydrogen-bond donors (Lipinski definition) is 2. The number of nitrogens with one attached hydrogen (secondary N) is 2. The van der Waals surface area contributed by atoms with Gasteiger partial charge in [-0.15, -0.1) is 11.3 Å². The Morgan fingerprint density at radius 1 is 1.37 bits per heavy atom. The van der Waals surface area contributed by atoms with Crippen LogP contribution in [-0.2, 0) is 0 Å². The molecular formula is C12H8FIN2OS2. The largest absolute Gasteiger partial charge is 0.330 e. The van der Waals surface area contributed by atoms with E-state index in [0.29, 0.717) is 4.88 Å². The number of rotatable bonds is 2. The molecule has 0 unspecified atom stereocenters. The van der Waals surface area contributed by atoms with Gasteiger partial charge in [0.25, 0.3) is 5.91 Å². The maximum absolute atomic E-state index is 13.6. The quantitative estimate of drug-likeness (QED) is 0.592. The third-order valence-corrected chi connectivity index (χ3v) is 3.90. The number of carbonyl (C=O) groups excluding carboxylic acids is 1. The lowest BCUT2D eigenvalue weighted by molar-refractivity contribution is 0.0981. The van der Waals surface area contributed by atoms with Crippen molar-refractivity contribution in [2.24, 2.45) is 0 Å². The molecule has 19 heavy (non-hydrogen) atoms. The van der Waals surface area contributed by atoms with Crippen molar-refractivity contribution in [3.63, 3.8) is 0 Å². The maximum Gasteiger partial charge on any atom is 0.267 e. The van der Waals surface area contributed by atoms with Gasteiger partial charge < -0.3 is 5.32 Å². The SMILES string of the molecule is O=C(NC(=S)Nc1ccc(I)cc1F)c1cccs1. The van der Waals surface area contributed by atoms with E-state index in [1.54, 1.807) is 29.6 Å². The normalized spacial score (nSPS) is 10.0. The molecule has 0 aliphatic carbocycles. The molecule has 1 aromatic carbocycles. The summed E-state index contributed by atoms with van der Waals surface area (Å²) in [5.41, 5.74) is 0.233. The fraction of sp³-hybridized carbons (Fsp3) is 0. The summed E-state index contributed by atoms with van der Waals surface area (Å²) < 4.78 is 14.4. The summed E-state index contributed by atoms with van der Waals surface area (Å²) in [5.74, 6) is -0.724. The second kappa shape index (κ2) is 6.40. The third-order valence-electron chi connectivity index (χ3n) is 2.15. The van der Waals surface area contributed by atoms with Crippen LogP contribution >= 0.6 is 46.1 Å². The highest BCUT2D eigenvalue weighted by Gasteiger charge is 2.10. The van der Waals surface area contributed by atoms with E-state index in [-0.39, 0.29) is 16.7 Å². The van der Waals surface area contributed by atoms with Gasteiger partial charge >= 0.3 is 0 Å². The molecule has 1 amide bonds. The lowest BCUT2D eigenvalue weighted by Crippen LogP contribution is -2.33. The number of halogens is 2. The smallest absolute Gasteiger partial charge is 0.267 e. The van der Waals surface area contributed by atoms with E-state index in [4.69, 9.17) is 12.2 Å². The van der Waals surface area contributed by atoms with Gasteiger partial charge in [-0.05, 0) is 64.5 Å². The van der Waals surface area contributed by atoms with Gasteiger partial charge in [0.1, 0.15) is 5.82 Å². The summed E-state index contributed by atoms with van der Waals surface area (Å²) in [5, 5.41) is 7.02. The molecule has 0 saturated heterocycles. The highest BCUT2D eigenvalue weighted by Crippen LogP contribution is 2.17. The van der Waals surface area contributed by atoms with E-state index in [9.17, 15) is 9.18 Å². The first-order chi connectivity index (χ1) is 9.06. The molecule has 2 rings (SSSR count). The van der Waals surface area contributed by atoms with Gasteiger partial charge in [-0.2, -0.15) is 0 Å². The average Bonchev–Trinajstić information content (AvgIpc) is 2.86. The Morgan fingerprint density at radius 2 is 2.16 bits per heavy atom. The molecule has 0 saturated carbocycles. The van der Waals surface area contributed by atoms with Gasteiger partial charge in [-0.1, -0.05) is 6.07 Å². The molecule has 2 N–H and O–H groups in total. The maximum atomic E-state index is 13.6. The molecule has 3 nitrogen and oxygen atoms in total. The number of thiophene rings is 1. The predicted octanol–water partition coefficient (Wildman–Crippen LogP) is 3.62. The minimum Gasteiger partial charge on any atom is -0.330 e. The number of hydrogen-bond acceptors (Lipinski definition) is 3. The first-order valence-corrected chi connectivity index (χ1v) is 7.54. The van der Waals surface area contributed by atoms with E-state index in [0.717, 1.165) is 3.57 Å². The Labute approximate surface area is 132 Å². The number of benzene rings is 1. The van der Waals surface area contributed by atoms with Gasteiger partial charge in [0, 0.05) is 3.57 Å². The molecular weight excluding hydrogens is 398 g/mol. The standard InChI is InChI=1S/C12H8FIN2OS2/c13-8-6-7(14)3-4-9(8)15-12(18)16-11(17)10-2-1-5-19-10/h1-6H,(H2,15,16,17,18). The Morgan fingerprint density at radius 3 is 2.79 bits per heavy atom. The van der Waals surface area contributed by atoms with Crippen molar-refractivity contribution in [3.8, 4) is 0 Å². The van der Waals surface area contributed by atoms with Crippen LogP contribution in [-0.4, -0.2) is 11.0 Å². The van der Waals surface area contributed by atoms with Crippen molar-refractivity contribution >= 4 is 62.9 Å². The van der Waals surface area contributed by atoms with Crippen LogP contribution in [0.5, 0.6) is 0 Å². The van der Waals surface area contributed by atoms with Crippen LogP contribution in [0.15, 0.2) is 35.7 Å². The van der Waals surface area contributed by atoms with Crippen molar-refractivity contribution < 1.29 is 9.18 Å². The van der Waals surface area contributed by atoms with E-state index < -0.39 is 5.82 Å². The van der Waals surface area contributed by atoms with Crippen molar-refractivity contribution in [2.75, 3.05) is 5.32 Å². The Hall–Kier alpha value is -1.06. The van der Waals surface area contributed by atoms with Crippen molar-refractivity contribution in [1.29, 1.82) is 0 Å². The molecule has 0 bridgehead atoms. The third kappa shape index (κ3) is 3.95. The van der Waals surface area contributed by atoms with E-state index in [1.807, 2.05) is 22.6 Å². The lowest BCUT2D eigenvalue weighted by Gasteiger charge is -2.09. The number of thiocarbonyl (C=S) groups is 1. The summed E-state index contributed by atoms with van der Waals surface area (Å²) in [6.07, 6.45) is 0. The first-order valence-electron chi connectivity index (χ1n) is 5.17. The Bertz CT molecular complexity index is 616. The molecule has 0 atom stereocenters. The molecule has 0 aliphatic heterocycles. The zero-order chi connectivity index (χ0) is 13.8. The summed E-state index contributed by atoms with van der Waals surface area (Å²) in [4.78, 5) is 12.3. The van der Waals surface area contributed by atoms with Gasteiger partial charge in [-0.25, -0.2) is 4.39 Å². The van der Waals surface area contributed by atoms with Crippen LogP contribution in [0.2, 0.25) is 0 Å². The molecule has 1 aromatic heterocycles. The molecule has 2 aromatic rings. The van der Waals surface area contributed by atoms with E-state index in [1.165, 1.54) is 17.4 Å². The van der Waals surface area contributed by atoms with Crippen molar-refractivity contribution in [2.45, 2.75) is 0 Å². The van der Waals surface area contributed by atoms with Gasteiger partial charge in [0.05, 0.1) is 10.6 Å². The molecule has 0 radical (unpaired) electrons. The highest BCUT2D eigenvalue weighted by molar-refractivity contribution is 14.1. The summed E-state index contributed by atoms with van der Waals surface area (Å²) in [6, 6.07) is 8.16. The van der Waals surface area contributed by atoms with Crippen molar-refractivity contribution in [1.82, 2.24) is 5.32 Å². The molecule has 0 fully saturated rings. The van der Waals surface area contributed by atoms with Crippen LogP contribution in [0.3, 0.4) is 0 Å². The number of carbonyl (C=O) groups is 1. The molecule has 0 aliphatic rings. The number of amides is 1. The number of anilines is 1. The average molecular weight is 406 g/mol. The van der Waals surface area contributed by atoms with Crippen LogP contribution in [0, 0.1) is 9.39 Å². The molecule has 0 spiro atoms. The minimum absolute atomic E-state index is 0.0681. The summed E-state index contributed by atoms with van der Waals surface area (Å²) in [6.45, 7) is 0. The zero-order valence-corrected chi connectivity index (χ0v) is 13.2. The van der Waals surface area contributed by atoms with Gasteiger partial charge in [0.15, 0.2) is 5.11 Å². The molecule has 98 valence electrons. The van der Waals surface area contributed by atoms with Crippen LogP contribution in [0.4, 0.5) is 10.1 Å². The lowest BCUT2D eigenvalue weighted by atomic mass is 10.3. The van der Waals surface area contributed by atoms with Crippen molar-refractivity contribution in [3.05, 3.63) is 50.0 Å².